The smallest absolute Gasteiger partial charge is 0.193 e. The molecule has 5 nitrogen and oxygen atoms in total. The van der Waals surface area contributed by atoms with Crippen LogP contribution in [-0.4, -0.2) is 37.0 Å². The van der Waals surface area contributed by atoms with Gasteiger partial charge in [0.05, 0.1) is 24.4 Å². The Morgan fingerprint density at radius 3 is 2.71 bits per heavy atom. The first-order valence-corrected chi connectivity index (χ1v) is 8.43. The molecule has 1 aromatic heterocycles. The van der Waals surface area contributed by atoms with E-state index in [4.69, 9.17) is 4.74 Å². The van der Waals surface area contributed by atoms with Gasteiger partial charge in [-0.25, -0.2) is 9.37 Å². The molecule has 2 aromatic rings. The predicted octanol–water partition coefficient (Wildman–Crippen LogP) is 3.12. The number of halogens is 1. The number of aryl methyl sites for hydroxylation is 2. The van der Waals surface area contributed by atoms with Gasteiger partial charge in [-0.2, -0.15) is 0 Å². The molecule has 130 valence electrons. The lowest BCUT2D eigenvalue weighted by molar-refractivity contribution is 0.385. The highest BCUT2D eigenvalue weighted by atomic mass is 32.1. The van der Waals surface area contributed by atoms with Crippen LogP contribution in [0.15, 0.2) is 23.2 Å². The number of hydrogen-bond donors (Lipinski definition) is 1. The molecule has 0 saturated carbocycles. The first-order chi connectivity index (χ1) is 11.4. The quantitative estimate of drug-likeness (QED) is 0.665. The number of methoxy groups -OCH3 is 1. The monoisotopic (exact) mass is 350 g/mol. The molecule has 0 bridgehead atoms. The third kappa shape index (κ3) is 4.44. The van der Waals surface area contributed by atoms with Crippen LogP contribution in [-0.2, 0) is 13.1 Å². The van der Waals surface area contributed by atoms with E-state index in [0.29, 0.717) is 13.1 Å². The van der Waals surface area contributed by atoms with E-state index in [1.807, 2.05) is 31.9 Å². The zero-order chi connectivity index (χ0) is 17.7. The van der Waals surface area contributed by atoms with Gasteiger partial charge in [-0.15, -0.1) is 11.3 Å². The highest BCUT2D eigenvalue weighted by molar-refractivity contribution is 7.11. The van der Waals surface area contributed by atoms with Crippen LogP contribution in [0.25, 0.3) is 0 Å². The molecule has 0 aliphatic heterocycles. The second-order valence-corrected chi connectivity index (χ2v) is 6.75. The van der Waals surface area contributed by atoms with E-state index in [2.05, 4.69) is 15.3 Å². The highest BCUT2D eigenvalue weighted by Crippen LogP contribution is 2.19. The van der Waals surface area contributed by atoms with Crippen LogP contribution in [0, 0.1) is 19.7 Å². The van der Waals surface area contributed by atoms with Gasteiger partial charge in [-0.05, 0) is 31.5 Å². The molecule has 0 unspecified atom stereocenters. The summed E-state index contributed by atoms with van der Waals surface area (Å²) in [7, 11) is 5.11. The summed E-state index contributed by atoms with van der Waals surface area (Å²) in [6.07, 6.45) is 0. The Labute approximate surface area is 146 Å². The van der Waals surface area contributed by atoms with Gasteiger partial charge in [0.25, 0.3) is 0 Å². The number of aromatic nitrogens is 1. The van der Waals surface area contributed by atoms with Gasteiger partial charge in [-0.3, -0.25) is 4.99 Å². The highest BCUT2D eigenvalue weighted by Gasteiger charge is 2.11. The maximum absolute atomic E-state index is 13.8. The molecule has 1 heterocycles. The molecule has 24 heavy (non-hydrogen) atoms. The van der Waals surface area contributed by atoms with Gasteiger partial charge in [0, 0.05) is 25.5 Å². The van der Waals surface area contributed by atoms with Crippen LogP contribution < -0.4 is 10.1 Å². The van der Waals surface area contributed by atoms with E-state index >= 15 is 0 Å². The number of rotatable bonds is 5. The summed E-state index contributed by atoms with van der Waals surface area (Å²) in [5.74, 6) is 0.638. The summed E-state index contributed by atoms with van der Waals surface area (Å²) in [5.41, 5.74) is 1.89. The molecule has 0 spiro atoms. The lowest BCUT2D eigenvalue weighted by Gasteiger charge is -2.22. The molecule has 0 saturated heterocycles. The molecule has 2 rings (SSSR count). The molecule has 0 aliphatic rings. The Kier molecular flexibility index (Phi) is 6.14. The zero-order valence-electron chi connectivity index (χ0n) is 14.7. The number of hydrogen-bond acceptors (Lipinski definition) is 4. The molecule has 1 N–H and O–H groups in total. The molecular weight excluding hydrogens is 327 g/mol. The Bertz CT molecular complexity index is 729. The number of nitrogens with one attached hydrogen (secondary N) is 1. The van der Waals surface area contributed by atoms with Gasteiger partial charge >= 0.3 is 0 Å². The zero-order valence-corrected chi connectivity index (χ0v) is 15.5. The van der Waals surface area contributed by atoms with E-state index in [0.717, 1.165) is 22.2 Å². The van der Waals surface area contributed by atoms with Crippen molar-refractivity contribution in [2.75, 3.05) is 21.2 Å². The van der Waals surface area contributed by atoms with Crippen molar-refractivity contribution in [3.8, 4) is 5.75 Å². The molecule has 0 radical (unpaired) electrons. The fourth-order valence-electron chi connectivity index (χ4n) is 2.44. The molecule has 0 atom stereocenters. The molecule has 1 aromatic carbocycles. The average Bonchev–Trinajstić information content (AvgIpc) is 2.86. The lowest BCUT2D eigenvalue weighted by Crippen LogP contribution is -2.38. The van der Waals surface area contributed by atoms with Crippen LogP contribution in [0.5, 0.6) is 5.75 Å². The molecule has 0 fully saturated rings. The van der Waals surface area contributed by atoms with Gasteiger partial charge < -0.3 is 15.0 Å². The second kappa shape index (κ2) is 8.10. The van der Waals surface area contributed by atoms with Crippen LogP contribution in [0.2, 0.25) is 0 Å². The van der Waals surface area contributed by atoms with Crippen molar-refractivity contribution < 1.29 is 9.13 Å². The van der Waals surface area contributed by atoms with Gasteiger partial charge in [0.2, 0.25) is 0 Å². The molecule has 0 aliphatic carbocycles. The number of thiazole rings is 1. The van der Waals surface area contributed by atoms with Crippen molar-refractivity contribution >= 4 is 17.3 Å². The number of aliphatic imine (C=N–C) groups is 1. The van der Waals surface area contributed by atoms with Crippen LogP contribution in [0.1, 0.15) is 21.1 Å². The Morgan fingerprint density at radius 1 is 1.42 bits per heavy atom. The third-order valence-electron chi connectivity index (χ3n) is 3.62. The van der Waals surface area contributed by atoms with Crippen molar-refractivity contribution in [1.82, 2.24) is 15.2 Å². The minimum absolute atomic E-state index is 0.250. The standard InChI is InChI=1S/C17H23FN4OS/c1-11-16(24-12(2)21-11)9-20-17(19-3)22(4)10-13-6-7-15(23-5)14(18)8-13/h6-8H,9-10H2,1-5H3,(H,19,20). The van der Waals surface area contributed by atoms with Crippen molar-refractivity contribution in [1.29, 1.82) is 0 Å². The summed E-state index contributed by atoms with van der Waals surface area (Å²) in [5, 5.41) is 4.38. The number of guanidine groups is 1. The second-order valence-electron chi connectivity index (χ2n) is 5.47. The first-order valence-electron chi connectivity index (χ1n) is 7.61. The van der Waals surface area contributed by atoms with Gasteiger partial charge in [-0.1, -0.05) is 6.07 Å². The first kappa shape index (κ1) is 18.2. The molecule has 7 heteroatoms. The van der Waals surface area contributed by atoms with E-state index in [1.54, 1.807) is 24.5 Å². The maximum Gasteiger partial charge on any atom is 0.193 e. The van der Waals surface area contributed by atoms with Gasteiger partial charge in [0.1, 0.15) is 0 Å². The fraction of sp³-hybridized carbons (Fsp3) is 0.412. The largest absolute Gasteiger partial charge is 0.494 e. The summed E-state index contributed by atoms with van der Waals surface area (Å²) in [4.78, 5) is 11.9. The molecular formula is C17H23FN4OS. The third-order valence-corrected chi connectivity index (χ3v) is 4.69. The average molecular weight is 350 g/mol. The number of benzene rings is 1. The van der Waals surface area contributed by atoms with Crippen molar-refractivity contribution in [2.45, 2.75) is 26.9 Å². The van der Waals surface area contributed by atoms with Crippen LogP contribution in [0.4, 0.5) is 4.39 Å². The lowest BCUT2D eigenvalue weighted by atomic mass is 10.2. The van der Waals surface area contributed by atoms with Crippen molar-refractivity contribution in [2.24, 2.45) is 4.99 Å². The Morgan fingerprint density at radius 2 is 2.17 bits per heavy atom. The topological polar surface area (TPSA) is 49.8 Å². The maximum atomic E-state index is 13.8. The van der Waals surface area contributed by atoms with E-state index in [-0.39, 0.29) is 11.6 Å². The Balaban J connectivity index is 2.00. The van der Waals surface area contributed by atoms with Crippen molar-refractivity contribution in [3.05, 3.63) is 45.2 Å². The van der Waals surface area contributed by atoms with E-state index in [9.17, 15) is 4.39 Å². The summed E-state index contributed by atoms with van der Waals surface area (Å²) in [6.45, 7) is 5.22. The van der Waals surface area contributed by atoms with Crippen LogP contribution in [0.3, 0.4) is 0 Å². The summed E-state index contributed by atoms with van der Waals surface area (Å²) >= 11 is 1.68. The minimum Gasteiger partial charge on any atom is -0.494 e. The normalized spacial score (nSPS) is 11.5. The van der Waals surface area contributed by atoms with E-state index in [1.165, 1.54) is 18.1 Å². The van der Waals surface area contributed by atoms with Crippen LogP contribution >= 0.6 is 11.3 Å². The predicted molar refractivity (Wildman–Crippen MR) is 96.2 cm³/mol. The SMILES string of the molecule is CN=C(NCc1sc(C)nc1C)N(C)Cc1ccc(OC)c(F)c1. The van der Waals surface area contributed by atoms with Crippen molar-refractivity contribution in [3.63, 3.8) is 0 Å². The fourth-order valence-corrected chi connectivity index (χ4v) is 3.32. The van der Waals surface area contributed by atoms with Gasteiger partial charge in [0.15, 0.2) is 17.5 Å². The number of nitrogens with zero attached hydrogens (tertiary/aromatic N) is 3. The summed E-state index contributed by atoms with van der Waals surface area (Å²) < 4.78 is 18.7. The number of ether oxygens (including phenoxy) is 1. The van der Waals surface area contributed by atoms with E-state index < -0.39 is 0 Å². The minimum atomic E-state index is -0.359. The molecule has 0 amide bonds. The Hall–Kier alpha value is -2.15. The summed E-state index contributed by atoms with van der Waals surface area (Å²) in [6, 6.07) is 4.97.